The third kappa shape index (κ3) is 5.04. The molecule has 1 aliphatic carbocycles. The first-order chi connectivity index (χ1) is 20.1. The molecule has 1 atom stereocenters. The van der Waals surface area contributed by atoms with Crippen molar-refractivity contribution in [2.75, 3.05) is 22.9 Å². The minimum atomic E-state index is -4.53. The predicted octanol–water partition coefficient (Wildman–Crippen LogP) is 6.40. The maximum atomic E-state index is 14.3. The molecule has 2 fully saturated rings. The Morgan fingerprint density at radius 3 is 2.48 bits per heavy atom. The van der Waals surface area contributed by atoms with Crippen LogP contribution in [0.4, 0.5) is 18.9 Å². The SMILES string of the molecule is COc1cccc(S(=O)(=O)N2c3ccc(C(=O)NCc4ccccc4C(F)(F)F)cc3C3(CCSCC3)C2C2CC2)c1. The number of rotatable bonds is 7. The van der Waals surface area contributed by atoms with Gasteiger partial charge in [-0.1, -0.05) is 24.3 Å². The molecule has 2 aliphatic heterocycles. The summed E-state index contributed by atoms with van der Waals surface area (Å²) in [4.78, 5) is 13.5. The standard InChI is InChI=1S/C31H31F3N2O4S2/c1-40-23-6-4-7-24(18-23)42(38,39)36-27-12-11-21(29(37)35-19-22-5-2-3-8-25(22)31(32,33)34)17-26(27)30(13-15-41-16-14-30)28(36)20-9-10-20/h2-8,11-12,17-18,20,28H,9-10,13-16,19H2,1H3,(H,35,37). The number of nitrogens with one attached hydrogen (secondary N) is 1. The number of thioether (sulfide) groups is 1. The summed E-state index contributed by atoms with van der Waals surface area (Å²) in [7, 11) is -2.48. The van der Waals surface area contributed by atoms with Crippen molar-refractivity contribution in [2.45, 2.75) is 54.8 Å². The van der Waals surface area contributed by atoms with Crippen LogP contribution in [0.2, 0.25) is 0 Å². The van der Waals surface area contributed by atoms with E-state index in [2.05, 4.69) is 5.32 Å². The fourth-order valence-corrected chi connectivity index (χ4v) is 9.60. The number of benzene rings is 3. The van der Waals surface area contributed by atoms with Crippen molar-refractivity contribution in [3.05, 3.63) is 89.0 Å². The minimum Gasteiger partial charge on any atom is -0.497 e. The zero-order valence-corrected chi connectivity index (χ0v) is 24.6. The Hall–Kier alpha value is -3.18. The van der Waals surface area contributed by atoms with E-state index in [1.54, 1.807) is 40.7 Å². The van der Waals surface area contributed by atoms with Crippen LogP contribution in [0.1, 0.15) is 52.7 Å². The Morgan fingerprint density at radius 1 is 1.05 bits per heavy atom. The first-order valence-electron chi connectivity index (χ1n) is 13.9. The minimum absolute atomic E-state index is 0.0235. The number of ether oxygens (including phenoxy) is 1. The van der Waals surface area contributed by atoms with Crippen molar-refractivity contribution < 1.29 is 31.1 Å². The topological polar surface area (TPSA) is 75.7 Å². The van der Waals surface area contributed by atoms with E-state index >= 15 is 0 Å². The van der Waals surface area contributed by atoms with Crippen molar-refractivity contribution in [1.82, 2.24) is 5.32 Å². The van der Waals surface area contributed by atoms with Crippen LogP contribution in [-0.2, 0) is 28.2 Å². The summed E-state index contributed by atoms with van der Waals surface area (Å²) in [6.45, 7) is -0.283. The average molecular weight is 617 g/mol. The normalized spacial score (nSPS) is 19.9. The monoisotopic (exact) mass is 616 g/mol. The molecular formula is C31H31F3N2O4S2. The molecule has 0 aromatic heterocycles. The Balaban J connectivity index is 1.39. The van der Waals surface area contributed by atoms with Crippen LogP contribution in [-0.4, -0.2) is 39.0 Å². The average Bonchev–Trinajstić information content (AvgIpc) is 3.79. The van der Waals surface area contributed by atoms with Crippen molar-refractivity contribution in [3.8, 4) is 5.75 Å². The molecule has 2 heterocycles. The van der Waals surface area contributed by atoms with Crippen LogP contribution in [0.25, 0.3) is 0 Å². The van der Waals surface area contributed by atoms with E-state index in [4.69, 9.17) is 4.74 Å². The molecule has 1 saturated carbocycles. The van der Waals surface area contributed by atoms with E-state index in [0.29, 0.717) is 17.0 Å². The zero-order chi connectivity index (χ0) is 29.7. The first kappa shape index (κ1) is 28.9. The molecule has 3 aliphatic rings. The summed E-state index contributed by atoms with van der Waals surface area (Å²) < 4.78 is 76.0. The van der Waals surface area contributed by atoms with Gasteiger partial charge in [-0.05, 0) is 90.6 Å². The highest BCUT2D eigenvalue weighted by Gasteiger charge is 2.59. The lowest BCUT2D eigenvalue weighted by Crippen LogP contribution is -2.50. The molecule has 3 aromatic rings. The van der Waals surface area contributed by atoms with Gasteiger partial charge in [0.1, 0.15) is 5.75 Å². The van der Waals surface area contributed by atoms with E-state index < -0.39 is 33.1 Å². The van der Waals surface area contributed by atoms with Crippen molar-refractivity contribution >= 4 is 33.4 Å². The second-order valence-corrected chi connectivity index (χ2v) is 14.1. The van der Waals surface area contributed by atoms with Crippen molar-refractivity contribution in [2.24, 2.45) is 5.92 Å². The highest BCUT2D eigenvalue weighted by atomic mass is 32.2. The Morgan fingerprint density at radius 2 is 1.79 bits per heavy atom. The summed E-state index contributed by atoms with van der Waals surface area (Å²) in [5, 5.41) is 2.65. The third-order valence-corrected chi connectivity index (χ3v) is 11.4. The zero-order valence-electron chi connectivity index (χ0n) is 23.0. The molecular weight excluding hydrogens is 585 g/mol. The largest absolute Gasteiger partial charge is 0.497 e. The predicted molar refractivity (Wildman–Crippen MR) is 156 cm³/mol. The van der Waals surface area contributed by atoms with Gasteiger partial charge in [0.25, 0.3) is 15.9 Å². The second-order valence-electron chi connectivity index (χ2n) is 11.1. The van der Waals surface area contributed by atoms with Crippen LogP contribution in [0.5, 0.6) is 5.75 Å². The van der Waals surface area contributed by atoms with E-state index in [-0.39, 0.29) is 29.0 Å². The molecule has 1 N–H and O–H groups in total. The van der Waals surface area contributed by atoms with E-state index in [1.165, 1.54) is 31.4 Å². The summed E-state index contributed by atoms with van der Waals surface area (Å²) in [6.07, 6.45) is -1.11. The number of alkyl halides is 3. The number of halogens is 3. The fourth-order valence-electron chi connectivity index (χ4n) is 6.54. The lowest BCUT2D eigenvalue weighted by Gasteiger charge is -2.41. The second kappa shape index (κ2) is 10.8. The molecule has 3 aromatic carbocycles. The van der Waals surface area contributed by atoms with E-state index in [9.17, 15) is 26.4 Å². The number of methoxy groups -OCH3 is 1. The molecule has 42 heavy (non-hydrogen) atoms. The van der Waals surface area contributed by atoms with Gasteiger partial charge >= 0.3 is 6.18 Å². The maximum absolute atomic E-state index is 14.3. The maximum Gasteiger partial charge on any atom is 0.416 e. The molecule has 1 unspecified atom stereocenters. The summed E-state index contributed by atoms with van der Waals surface area (Å²) in [5.74, 6) is 1.89. The molecule has 222 valence electrons. The van der Waals surface area contributed by atoms with Gasteiger partial charge in [0.15, 0.2) is 0 Å². The Labute approximate surface area is 247 Å². The molecule has 11 heteroatoms. The van der Waals surface area contributed by atoms with Gasteiger partial charge in [-0.3, -0.25) is 9.10 Å². The molecule has 1 amide bonds. The Bertz CT molecular complexity index is 1620. The van der Waals surface area contributed by atoms with E-state index in [0.717, 1.165) is 48.8 Å². The molecule has 6 nitrogen and oxygen atoms in total. The number of nitrogens with zero attached hydrogens (tertiary/aromatic N) is 1. The molecule has 0 bridgehead atoms. The van der Waals surface area contributed by atoms with Crippen LogP contribution >= 0.6 is 11.8 Å². The number of carbonyl (C=O) groups excluding carboxylic acids is 1. The molecule has 0 radical (unpaired) electrons. The molecule has 6 rings (SSSR count). The number of hydrogen-bond donors (Lipinski definition) is 1. The van der Waals surface area contributed by atoms with Gasteiger partial charge in [-0.2, -0.15) is 24.9 Å². The highest BCUT2D eigenvalue weighted by Crippen LogP contribution is 2.59. The lowest BCUT2D eigenvalue weighted by molar-refractivity contribution is -0.138. The number of sulfonamides is 1. The molecule has 1 spiro atoms. The molecule has 1 saturated heterocycles. The van der Waals surface area contributed by atoms with Crippen LogP contribution in [0, 0.1) is 5.92 Å². The third-order valence-electron chi connectivity index (χ3n) is 8.67. The number of fused-ring (bicyclic) bond motifs is 2. The number of amides is 1. The quantitative estimate of drug-likeness (QED) is 0.333. The number of carbonyl (C=O) groups is 1. The van der Waals surface area contributed by atoms with E-state index in [1.807, 2.05) is 11.8 Å². The van der Waals surface area contributed by atoms with Gasteiger partial charge in [0, 0.05) is 23.6 Å². The highest BCUT2D eigenvalue weighted by molar-refractivity contribution is 7.99. The number of anilines is 1. The van der Waals surface area contributed by atoms with Crippen molar-refractivity contribution in [3.63, 3.8) is 0 Å². The number of hydrogen-bond acceptors (Lipinski definition) is 5. The Kier molecular flexibility index (Phi) is 7.45. The van der Waals surface area contributed by atoms with Crippen LogP contribution in [0.3, 0.4) is 0 Å². The van der Waals surface area contributed by atoms with Gasteiger partial charge in [-0.25, -0.2) is 8.42 Å². The summed E-state index contributed by atoms with van der Waals surface area (Å²) in [6, 6.07) is 16.4. The van der Waals surface area contributed by atoms with Gasteiger partial charge in [0.05, 0.1) is 29.3 Å². The van der Waals surface area contributed by atoms with Gasteiger partial charge in [0.2, 0.25) is 0 Å². The van der Waals surface area contributed by atoms with Crippen LogP contribution in [0.15, 0.2) is 71.6 Å². The fraction of sp³-hybridized carbons (Fsp3) is 0.387. The summed E-state index contributed by atoms with van der Waals surface area (Å²) >= 11 is 1.84. The van der Waals surface area contributed by atoms with Crippen LogP contribution < -0.4 is 14.4 Å². The van der Waals surface area contributed by atoms with Gasteiger partial charge in [-0.15, -0.1) is 0 Å². The lowest BCUT2D eigenvalue weighted by atomic mass is 9.70. The van der Waals surface area contributed by atoms with Crippen molar-refractivity contribution in [1.29, 1.82) is 0 Å². The smallest absolute Gasteiger partial charge is 0.416 e. The first-order valence-corrected chi connectivity index (χ1v) is 16.5. The van der Waals surface area contributed by atoms with Gasteiger partial charge < -0.3 is 10.1 Å². The summed E-state index contributed by atoms with van der Waals surface area (Å²) in [5.41, 5.74) is 0.432.